The molecule has 8 heteroatoms. The lowest BCUT2D eigenvalue weighted by Gasteiger charge is -2.38. The maximum Gasteiger partial charge on any atom is 0.396 e. The van der Waals surface area contributed by atoms with E-state index in [1.54, 1.807) is 9.58 Å². The van der Waals surface area contributed by atoms with Gasteiger partial charge in [0.05, 0.1) is 25.2 Å². The Bertz CT molecular complexity index is 935. The number of rotatable bonds is 1. The Morgan fingerprint density at radius 2 is 2.11 bits per heavy atom. The Balaban J connectivity index is 1.75. The van der Waals surface area contributed by atoms with Gasteiger partial charge in [-0.2, -0.15) is 5.10 Å². The van der Waals surface area contributed by atoms with Gasteiger partial charge in [-0.1, -0.05) is 13.0 Å². The molecule has 8 nitrogen and oxygen atoms in total. The number of amides is 2. The molecule has 0 aliphatic carbocycles. The fraction of sp³-hybridized carbons (Fsp3) is 0.474. The van der Waals surface area contributed by atoms with Crippen LogP contribution in [0.2, 0.25) is 0 Å². The lowest BCUT2D eigenvalue weighted by Crippen LogP contribution is -2.45. The van der Waals surface area contributed by atoms with Gasteiger partial charge in [-0.05, 0) is 36.5 Å². The van der Waals surface area contributed by atoms with E-state index in [-0.39, 0.29) is 11.9 Å². The maximum atomic E-state index is 12.5. The molecule has 4 rings (SSSR count). The number of esters is 1. The van der Waals surface area contributed by atoms with Crippen LogP contribution in [0.1, 0.15) is 41.9 Å². The first kappa shape index (κ1) is 17.5. The zero-order valence-electron chi connectivity index (χ0n) is 15.4. The molecule has 2 aromatic rings. The molecule has 2 aliphatic rings. The number of carbonyl (C=O) groups excluding carboxylic acids is 3. The number of methoxy groups -OCH3 is 1. The quantitative estimate of drug-likeness (QED) is 0.602. The molecule has 1 N–H and O–H groups in total. The van der Waals surface area contributed by atoms with Gasteiger partial charge in [0.1, 0.15) is 5.69 Å². The normalized spacial score (nSPS) is 22.3. The molecule has 1 saturated heterocycles. The summed E-state index contributed by atoms with van der Waals surface area (Å²) in [5.41, 5.74) is 2.20. The Kier molecular flexibility index (Phi) is 4.33. The van der Waals surface area contributed by atoms with Crippen molar-refractivity contribution in [2.45, 2.75) is 32.4 Å². The van der Waals surface area contributed by atoms with E-state index < -0.39 is 11.9 Å². The zero-order valence-corrected chi connectivity index (χ0v) is 15.4. The van der Waals surface area contributed by atoms with Crippen LogP contribution < -0.4 is 5.32 Å². The molecule has 2 atom stereocenters. The number of aromatic nitrogens is 2. The summed E-state index contributed by atoms with van der Waals surface area (Å²) in [6, 6.07) is 5.51. The number of likely N-dealkylation sites (tertiary alicyclic amines) is 1. The summed E-state index contributed by atoms with van der Waals surface area (Å²) >= 11 is 0. The number of nitrogens with zero attached hydrogens (tertiary/aromatic N) is 3. The highest BCUT2D eigenvalue weighted by Crippen LogP contribution is 2.35. The van der Waals surface area contributed by atoms with Crippen molar-refractivity contribution in [1.29, 1.82) is 0 Å². The minimum absolute atomic E-state index is 0.138. The lowest BCUT2D eigenvalue weighted by molar-refractivity contribution is -0.160. The third-order valence-corrected chi connectivity index (χ3v) is 5.41. The smallest absolute Gasteiger partial charge is 0.396 e. The summed E-state index contributed by atoms with van der Waals surface area (Å²) in [4.78, 5) is 38.2. The van der Waals surface area contributed by atoms with Gasteiger partial charge in [0.2, 0.25) is 0 Å². The van der Waals surface area contributed by atoms with Crippen molar-refractivity contribution < 1.29 is 19.1 Å². The van der Waals surface area contributed by atoms with Gasteiger partial charge in [0.25, 0.3) is 5.91 Å². The molecule has 0 bridgehead atoms. The number of piperidine rings is 1. The van der Waals surface area contributed by atoms with Gasteiger partial charge in [-0.25, -0.2) is 4.79 Å². The Morgan fingerprint density at radius 3 is 2.89 bits per heavy atom. The first-order valence-electron chi connectivity index (χ1n) is 9.17. The first-order valence-corrected chi connectivity index (χ1v) is 9.17. The van der Waals surface area contributed by atoms with Crippen LogP contribution in [-0.2, 0) is 20.9 Å². The monoisotopic (exact) mass is 370 g/mol. The Morgan fingerprint density at radius 1 is 1.30 bits per heavy atom. The second kappa shape index (κ2) is 6.68. The molecule has 0 spiro atoms. The van der Waals surface area contributed by atoms with Crippen molar-refractivity contribution in [1.82, 2.24) is 20.0 Å². The molecule has 0 saturated carbocycles. The second-order valence-electron chi connectivity index (χ2n) is 7.25. The van der Waals surface area contributed by atoms with E-state index in [1.807, 2.05) is 18.2 Å². The summed E-state index contributed by atoms with van der Waals surface area (Å²) in [5.74, 6) is -1.30. The highest BCUT2D eigenvalue weighted by Gasteiger charge is 2.35. The number of carbonyl (C=O) groups is 3. The lowest BCUT2D eigenvalue weighted by atomic mass is 9.89. The van der Waals surface area contributed by atoms with Crippen molar-refractivity contribution in [2.24, 2.45) is 5.92 Å². The van der Waals surface area contributed by atoms with Crippen molar-refractivity contribution in [3.63, 3.8) is 0 Å². The third kappa shape index (κ3) is 2.94. The van der Waals surface area contributed by atoms with Crippen LogP contribution in [0.15, 0.2) is 18.2 Å². The number of nitrogens with one attached hydrogen (secondary N) is 1. The van der Waals surface area contributed by atoms with Crippen molar-refractivity contribution >= 4 is 28.7 Å². The highest BCUT2D eigenvalue weighted by molar-refractivity contribution is 6.32. The van der Waals surface area contributed by atoms with Crippen LogP contribution >= 0.6 is 0 Å². The van der Waals surface area contributed by atoms with Crippen LogP contribution in [0.5, 0.6) is 0 Å². The number of hydrogen-bond donors (Lipinski definition) is 1. The van der Waals surface area contributed by atoms with E-state index in [2.05, 4.69) is 22.1 Å². The first-order chi connectivity index (χ1) is 13.0. The van der Waals surface area contributed by atoms with Crippen LogP contribution in [-0.4, -0.2) is 52.7 Å². The molecule has 1 aromatic carbocycles. The Labute approximate surface area is 156 Å². The standard InChI is InChI=1S/C19H22N4O4/c1-11-3-6-15(22(10-11)18(25)19(26)27-2)12-4-5-14-13(9-12)16-17(24)20-7-8-23(16)21-14/h4-5,9,11,15H,3,6-8,10H2,1-2H3,(H,20,24). The second-order valence-corrected chi connectivity index (χ2v) is 7.25. The molecule has 0 radical (unpaired) electrons. The van der Waals surface area contributed by atoms with Crippen LogP contribution in [0.25, 0.3) is 10.9 Å². The van der Waals surface area contributed by atoms with Crippen LogP contribution in [0.4, 0.5) is 0 Å². The average Bonchev–Trinajstić information content (AvgIpc) is 3.05. The molecule has 3 heterocycles. The fourth-order valence-corrected chi connectivity index (χ4v) is 4.05. The number of ether oxygens (including phenoxy) is 1. The highest BCUT2D eigenvalue weighted by atomic mass is 16.5. The van der Waals surface area contributed by atoms with Gasteiger partial charge in [0, 0.05) is 18.5 Å². The predicted molar refractivity (Wildman–Crippen MR) is 96.9 cm³/mol. The molecule has 142 valence electrons. The topological polar surface area (TPSA) is 93.5 Å². The van der Waals surface area contributed by atoms with E-state index in [1.165, 1.54) is 7.11 Å². The number of fused-ring (bicyclic) bond motifs is 3. The predicted octanol–water partition coefficient (Wildman–Crippen LogP) is 1.25. The molecular weight excluding hydrogens is 348 g/mol. The minimum Gasteiger partial charge on any atom is -0.462 e. The Hall–Kier alpha value is -2.90. The molecule has 2 unspecified atom stereocenters. The van der Waals surface area contributed by atoms with Crippen molar-refractivity contribution in [3.05, 3.63) is 29.5 Å². The maximum absolute atomic E-state index is 12.5. The largest absolute Gasteiger partial charge is 0.462 e. The average molecular weight is 370 g/mol. The number of hydrogen-bond acceptors (Lipinski definition) is 5. The molecule has 2 amide bonds. The van der Waals surface area contributed by atoms with Gasteiger partial charge in [-0.3, -0.25) is 14.3 Å². The summed E-state index contributed by atoms with van der Waals surface area (Å²) in [7, 11) is 1.21. The van der Waals surface area contributed by atoms with Crippen LogP contribution in [0.3, 0.4) is 0 Å². The molecule has 27 heavy (non-hydrogen) atoms. The number of benzene rings is 1. The van der Waals surface area contributed by atoms with E-state index >= 15 is 0 Å². The molecule has 2 aliphatic heterocycles. The van der Waals surface area contributed by atoms with Crippen LogP contribution in [0, 0.1) is 5.92 Å². The van der Waals surface area contributed by atoms with Gasteiger partial charge >= 0.3 is 11.9 Å². The van der Waals surface area contributed by atoms with Gasteiger partial charge in [-0.15, -0.1) is 0 Å². The molecule has 1 fully saturated rings. The fourth-order valence-electron chi connectivity index (χ4n) is 4.05. The van der Waals surface area contributed by atoms with Crippen molar-refractivity contribution in [2.75, 3.05) is 20.2 Å². The van der Waals surface area contributed by atoms with E-state index in [4.69, 9.17) is 0 Å². The summed E-state index contributed by atoms with van der Waals surface area (Å²) < 4.78 is 6.36. The van der Waals surface area contributed by atoms with E-state index in [0.29, 0.717) is 31.2 Å². The zero-order chi connectivity index (χ0) is 19.1. The van der Waals surface area contributed by atoms with E-state index in [0.717, 1.165) is 29.3 Å². The van der Waals surface area contributed by atoms with Gasteiger partial charge < -0.3 is 15.0 Å². The van der Waals surface area contributed by atoms with E-state index in [9.17, 15) is 14.4 Å². The third-order valence-electron chi connectivity index (χ3n) is 5.41. The SMILES string of the molecule is COC(=O)C(=O)N1CC(C)CCC1c1ccc2nn3c(c2c1)C(=O)NCC3. The van der Waals surface area contributed by atoms with Gasteiger partial charge in [0.15, 0.2) is 0 Å². The van der Waals surface area contributed by atoms with Crippen molar-refractivity contribution in [3.8, 4) is 0 Å². The summed E-state index contributed by atoms with van der Waals surface area (Å²) in [6.07, 6.45) is 1.71. The summed E-state index contributed by atoms with van der Waals surface area (Å²) in [6.45, 7) is 3.77. The molecule has 1 aromatic heterocycles. The minimum atomic E-state index is -0.850. The summed E-state index contributed by atoms with van der Waals surface area (Å²) in [5, 5.41) is 8.12. The molecular formula is C19H22N4O4.